The Balaban J connectivity index is 2.77. The van der Waals surface area contributed by atoms with Crippen molar-refractivity contribution in [1.82, 2.24) is 9.78 Å². The van der Waals surface area contributed by atoms with Gasteiger partial charge >= 0.3 is 5.97 Å². The van der Waals surface area contributed by atoms with Gasteiger partial charge in [-0.3, -0.25) is 4.79 Å². The van der Waals surface area contributed by atoms with E-state index in [1.165, 1.54) is 4.68 Å². The highest BCUT2D eigenvalue weighted by atomic mass is 35.5. The summed E-state index contributed by atoms with van der Waals surface area (Å²) < 4.78 is 6.33. The number of esters is 1. The molecule has 5 nitrogen and oxygen atoms in total. The van der Waals surface area contributed by atoms with Crippen LogP contribution in [0.5, 0.6) is 0 Å². The SMILES string of the molecule is CCOC(=O)Cn1nc(C)c(CCCN)c1Cl. The van der Waals surface area contributed by atoms with Crippen LogP contribution in [-0.2, 0) is 22.5 Å². The summed E-state index contributed by atoms with van der Waals surface area (Å²) in [7, 11) is 0. The van der Waals surface area contributed by atoms with Crippen molar-refractivity contribution in [2.45, 2.75) is 33.2 Å². The van der Waals surface area contributed by atoms with Crippen LogP contribution < -0.4 is 5.73 Å². The van der Waals surface area contributed by atoms with E-state index >= 15 is 0 Å². The van der Waals surface area contributed by atoms with Gasteiger partial charge in [0.15, 0.2) is 0 Å². The van der Waals surface area contributed by atoms with E-state index < -0.39 is 0 Å². The molecule has 0 fully saturated rings. The van der Waals surface area contributed by atoms with Crippen LogP contribution in [0.4, 0.5) is 0 Å². The Labute approximate surface area is 106 Å². The number of hydrogen-bond acceptors (Lipinski definition) is 4. The lowest BCUT2D eigenvalue weighted by molar-refractivity contribution is -0.144. The topological polar surface area (TPSA) is 70.1 Å². The third-order valence-corrected chi connectivity index (χ3v) is 2.82. The second-order valence-corrected chi connectivity index (χ2v) is 4.07. The molecule has 0 saturated carbocycles. The normalized spacial score (nSPS) is 10.6. The van der Waals surface area contributed by atoms with Crippen molar-refractivity contribution in [3.8, 4) is 0 Å². The van der Waals surface area contributed by atoms with Crippen LogP contribution >= 0.6 is 11.6 Å². The molecule has 1 aromatic heterocycles. The molecule has 0 aromatic carbocycles. The molecule has 6 heteroatoms. The number of nitrogens with two attached hydrogens (primary N) is 1. The van der Waals surface area contributed by atoms with Crippen molar-refractivity contribution in [2.75, 3.05) is 13.2 Å². The van der Waals surface area contributed by atoms with Crippen LogP contribution in [0.15, 0.2) is 0 Å². The maximum atomic E-state index is 11.3. The smallest absolute Gasteiger partial charge is 0.327 e. The molecule has 0 aliphatic rings. The van der Waals surface area contributed by atoms with Gasteiger partial charge in [0.2, 0.25) is 0 Å². The van der Waals surface area contributed by atoms with Gasteiger partial charge in [0.1, 0.15) is 11.7 Å². The predicted molar refractivity (Wildman–Crippen MR) is 66.0 cm³/mol. The maximum absolute atomic E-state index is 11.3. The lowest BCUT2D eigenvalue weighted by Crippen LogP contribution is -2.14. The highest BCUT2D eigenvalue weighted by molar-refractivity contribution is 6.30. The first-order valence-corrected chi connectivity index (χ1v) is 6.05. The Bertz CT molecular complexity index is 390. The first-order chi connectivity index (χ1) is 8.10. The van der Waals surface area contributed by atoms with E-state index in [-0.39, 0.29) is 12.5 Å². The van der Waals surface area contributed by atoms with E-state index in [0.717, 1.165) is 24.1 Å². The Morgan fingerprint density at radius 3 is 2.88 bits per heavy atom. The average Bonchev–Trinajstić information content (AvgIpc) is 2.52. The van der Waals surface area contributed by atoms with E-state index in [1.807, 2.05) is 6.92 Å². The van der Waals surface area contributed by atoms with Crippen molar-refractivity contribution in [3.05, 3.63) is 16.4 Å². The zero-order valence-electron chi connectivity index (χ0n) is 10.2. The minimum Gasteiger partial charge on any atom is -0.465 e. The quantitative estimate of drug-likeness (QED) is 0.782. The molecule has 0 atom stereocenters. The number of carbonyl (C=O) groups is 1. The average molecular weight is 260 g/mol. The first kappa shape index (κ1) is 14.0. The molecule has 17 heavy (non-hydrogen) atoms. The molecular formula is C11H18ClN3O2. The Morgan fingerprint density at radius 2 is 2.29 bits per heavy atom. The Kier molecular flexibility index (Phi) is 5.44. The molecular weight excluding hydrogens is 242 g/mol. The number of aryl methyl sites for hydroxylation is 1. The van der Waals surface area contributed by atoms with Crippen LogP contribution in [0.1, 0.15) is 24.6 Å². The van der Waals surface area contributed by atoms with Crippen molar-refractivity contribution >= 4 is 17.6 Å². The second-order valence-electron chi connectivity index (χ2n) is 3.71. The summed E-state index contributed by atoms with van der Waals surface area (Å²) in [6.45, 7) is 4.66. The zero-order chi connectivity index (χ0) is 12.8. The standard InChI is InChI=1S/C11H18ClN3O2/c1-3-17-10(16)7-15-11(12)9(5-4-6-13)8(2)14-15/h3-7,13H2,1-2H3. The first-order valence-electron chi connectivity index (χ1n) is 5.67. The number of ether oxygens (including phenoxy) is 1. The highest BCUT2D eigenvalue weighted by Crippen LogP contribution is 2.21. The van der Waals surface area contributed by atoms with E-state index in [9.17, 15) is 4.79 Å². The van der Waals surface area contributed by atoms with E-state index in [4.69, 9.17) is 22.1 Å². The molecule has 1 aromatic rings. The zero-order valence-corrected chi connectivity index (χ0v) is 11.0. The molecule has 1 heterocycles. The van der Waals surface area contributed by atoms with Gasteiger partial charge in [-0.15, -0.1) is 0 Å². The van der Waals surface area contributed by atoms with E-state index in [2.05, 4.69) is 5.10 Å². The van der Waals surface area contributed by atoms with Gasteiger partial charge in [0.05, 0.1) is 12.3 Å². The van der Waals surface area contributed by atoms with Gasteiger partial charge in [-0.25, -0.2) is 4.68 Å². The monoisotopic (exact) mass is 259 g/mol. The van der Waals surface area contributed by atoms with E-state index in [0.29, 0.717) is 18.3 Å². The molecule has 1 rings (SSSR count). The van der Waals surface area contributed by atoms with Gasteiger partial charge in [-0.05, 0) is 33.2 Å². The summed E-state index contributed by atoms with van der Waals surface area (Å²) in [6, 6.07) is 0. The van der Waals surface area contributed by atoms with Gasteiger partial charge in [0.25, 0.3) is 0 Å². The van der Waals surface area contributed by atoms with Crippen LogP contribution in [0.25, 0.3) is 0 Å². The van der Waals surface area contributed by atoms with Crippen molar-refractivity contribution in [3.63, 3.8) is 0 Å². The minimum absolute atomic E-state index is 0.0517. The predicted octanol–water partition coefficient (Wildman–Crippen LogP) is 1.30. The van der Waals surface area contributed by atoms with Gasteiger partial charge in [-0.1, -0.05) is 11.6 Å². The molecule has 0 spiro atoms. The summed E-state index contributed by atoms with van der Waals surface area (Å²) in [5.74, 6) is -0.331. The summed E-state index contributed by atoms with van der Waals surface area (Å²) in [5, 5.41) is 4.73. The number of rotatable bonds is 6. The molecule has 0 unspecified atom stereocenters. The summed E-state index contributed by atoms with van der Waals surface area (Å²) in [5.41, 5.74) is 7.26. The highest BCUT2D eigenvalue weighted by Gasteiger charge is 2.15. The number of aromatic nitrogens is 2. The minimum atomic E-state index is -0.331. The Morgan fingerprint density at radius 1 is 1.59 bits per heavy atom. The van der Waals surface area contributed by atoms with Crippen LogP contribution in [0.2, 0.25) is 5.15 Å². The largest absolute Gasteiger partial charge is 0.465 e. The fraction of sp³-hybridized carbons (Fsp3) is 0.636. The number of halogens is 1. The summed E-state index contributed by atoms with van der Waals surface area (Å²) in [6.07, 6.45) is 1.63. The third kappa shape index (κ3) is 3.71. The molecule has 0 aliphatic carbocycles. The number of nitrogens with zero attached hydrogens (tertiary/aromatic N) is 2. The number of hydrogen-bond donors (Lipinski definition) is 1. The van der Waals surface area contributed by atoms with Crippen LogP contribution in [0, 0.1) is 6.92 Å². The molecule has 96 valence electrons. The number of carbonyl (C=O) groups excluding carboxylic acids is 1. The van der Waals surface area contributed by atoms with E-state index in [1.54, 1.807) is 6.92 Å². The van der Waals surface area contributed by atoms with Crippen molar-refractivity contribution in [1.29, 1.82) is 0 Å². The molecule has 0 radical (unpaired) electrons. The van der Waals surface area contributed by atoms with Gasteiger partial charge in [-0.2, -0.15) is 5.10 Å². The molecule has 2 N–H and O–H groups in total. The van der Waals surface area contributed by atoms with Gasteiger partial charge < -0.3 is 10.5 Å². The third-order valence-electron chi connectivity index (χ3n) is 2.40. The molecule has 0 aliphatic heterocycles. The van der Waals surface area contributed by atoms with Gasteiger partial charge in [0, 0.05) is 5.56 Å². The fourth-order valence-electron chi connectivity index (χ4n) is 1.59. The summed E-state index contributed by atoms with van der Waals surface area (Å²) >= 11 is 6.16. The van der Waals surface area contributed by atoms with Crippen LogP contribution in [0.3, 0.4) is 0 Å². The Hall–Kier alpha value is -1.07. The lowest BCUT2D eigenvalue weighted by Gasteiger charge is -2.03. The van der Waals surface area contributed by atoms with Crippen LogP contribution in [-0.4, -0.2) is 28.9 Å². The molecule has 0 amide bonds. The molecule has 0 bridgehead atoms. The fourth-order valence-corrected chi connectivity index (χ4v) is 1.92. The second kappa shape index (κ2) is 6.61. The maximum Gasteiger partial charge on any atom is 0.327 e. The summed E-state index contributed by atoms with van der Waals surface area (Å²) in [4.78, 5) is 11.3. The lowest BCUT2D eigenvalue weighted by atomic mass is 10.1. The molecule has 0 saturated heterocycles. The van der Waals surface area contributed by atoms with Crippen molar-refractivity contribution in [2.24, 2.45) is 5.73 Å². The van der Waals surface area contributed by atoms with Crippen molar-refractivity contribution < 1.29 is 9.53 Å².